The molecular formula is C26H32N2O6. The van der Waals surface area contributed by atoms with Crippen molar-refractivity contribution in [2.45, 2.75) is 26.8 Å². The number of Topliss-reactive ketones (excluding diaryl/α,β-unsaturated/α-hetero) is 1. The van der Waals surface area contributed by atoms with E-state index in [1.165, 1.54) is 18.1 Å². The van der Waals surface area contributed by atoms with Gasteiger partial charge in [-0.25, -0.2) is 0 Å². The molecule has 0 spiro atoms. The summed E-state index contributed by atoms with van der Waals surface area (Å²) in [4.78, 5) is 30.0. The second kappa shape index (κ2) is 10.6. The molecule has 0 radical (unpaired) electrons. The summed E-state index contributed by atoms with van der Waals surface area (Å²) in [6, 6.07) is 8.92. The predicted molar refractivity (Wildman–Crippen MR) is 129 cm³/mol. The van der Waals surface area contributed by atoms with Gasteiger partial charge in [-0.2, -0.15) is 0 Å². The van der Waals surface area contributed by atoms with Gasteiger partial charge in [0.2, 0.25) is 0 Å². The summed E-state index contributed by atoms with van der Waals surface area (Å²) < 4.78 is 10.5. The van der Waals surface area contributed by atoms with Crippen molar-refractivity contribution in [3.63, 3.8) is 0 Å². The zero-order valence-electron chi connectivity index (χ0n) is 20.3. The number of phenols is 1. The van der Waals surface area contributed by atoms with Crippen molar-refractivity contribution in [1.29, 1.82) is 0 Å². The highest BCUT2D eigenvalue weighted by atomic mass is 16.5. The molecule has 1 aliphatic heterocycles. The molecule has 0 aromatic heterocycles. The molecule has 2 N–H and O–H groups in total. The molecular weight excluding hydrogens is 436 g/mol. The Kier molecular flexibility index (Phi) is 7.83. The van der Waals surface area contributed by atoms with E-state index in [9.17, 15) is 19.8 Å². The normalized spacial score (nSPS) is 17.5. The Morgan fingerprint density at radius 2 is 1.71 bits per heavy atom. The van der Waals surface area contributed by atoms with Crippen molar-refractivity contribution < 1.29 is 29.3 Å². The monoisotopic (exact) mass is 468 g/mol. The van der Waals surface area contributed by atoms with Crippen LogP contribution in [0.3, 0.4) is 0 Å². The molecule has 3 rings (SSSR count). The van der Waals surface area contributed by atoms with E-state index < -0.39 is 17.7 Å². The SMILES string of the molecule is CCN(CC)CCN1C(=O)C(=O)/C(=C(/O)c2ccc(OC)c(C)c2)[C@@H]1c1ccc(O)c(OC)c1. The zero-order valence-corrected chi connectivity index (χ0v) is 20.3. The smallest absolute Gasteiger partial charge is 0.295 e. The molecule has 1 amide bonds. The molecule has 8 heteroatoms. The van der Waals surface area contributed by atoms with Gasteiger partial charge in [0, 0.05) is 18.7 Å². The third-order valence-electron chi connectivity index (χ3n) is 6.28. The largest absolute Gasteiger partial charge is 0.507 e. The summed E-state index contributed by atoms with van der Waals surface area (Å²) in [6.07, 6.45) is 0. The lowest BCUT2D eigenvalue weighted by Gasteiger charge is -2.28. The third-order valence-corrected chi connectivity index (χ3v) is 6.28. The molecule has 34 heavy (non-hydrogen) atoms. The number of benzene rings is 2. The van der Waals surface area contributed by atoms with E-state index in [1.54, 1.807) is 37.4 Å². The zero-order chi connectivity index (χ0) is 25.0. The number of aromatic hydroxyl groups is 1. The predicted octanol–water partition coefficient (Wildman–Crippen LogP) is 3.48. The first kappa shape index (κ1) is 25.1. The topological polar surface area (TPSA) is 99.5 Å². The van der Waals surface area contributed by atoms with E-state index in [2.05, 4.69) is 4.90 Å². The van der Waals surface area contributed by atoms with E-state index in [0.717, 1.165) is 18.7 Å². The van der Waals surface area contributed by atoms with E-state index in [1.807, 2.05) is 20.8 Å². The fraction of sp³-hybridized carbons (Fsp3) is 0.385. The number of ketones is 1. The molecule has 0 saturated carbocycles. The van der Waals surface area contributed by atoms with Crippen LogP contribution in [0.4, 0.5) is 0 Å². The standard InChI is InChI=1S/C26H32N2O6/c1-6-27(7-2)12-13-28-23(17-8-10-19(29)21(15-17)34-5)22(25(31)26(28)32)24(30)18-9-11-20(33-4)16(3)14-18/h8-11,14-15,23,29-30H,6-7,12-13H2,1-5H3/b24-22+/t23-/m0/s1. The number of hydrogen-bond donors (Lipinski definition) is 2. The van der Waals surface area contributed by atoms with Gasteiger partial charge >= 0.3 is 0 Å². The summed E-state index contributed by atoms with van der Waals surface area (Å²) >= 11 is 0. The van der Waals surface area contributed by atoms with Crippen LogP contribution in [-0.4, -0.2) is 72.1 Å². The van der Waals surface area contributed by atoms with E-state index in [4.69, 9.17) is 9.47 Å². The molecule has 1 saturated heterocycles. The maximum atomic E-state index is 13.2. The number of ether oxygens (including phenoxy) is 2. The van der Waals surface area contributed by atoms with Crippen molar-refractivity contribution in [2.75, 3.05) is 40.4 Å². The van der Waals surface area contributed by atoms with E-state index in [0.29, 0.717) is 30.0 Å². The van der Waals surface area contributed by atoms with E-state index >= 15 is 0 Å². The van der Waals surface area contributed by atoms with Gasteiger partial charge < -0.3 is 29.5 Å². The van der Waals surface area contributed by atoms with Crippen molar-refractivity contribution in [3.8, 4) is 17.2 Å². The second-order valence-corrected chi connectivity index (χ2v) is 8.14. The van der Waals surface area contributed by atoms with Crippen LogP contribution in [0.2, 0.25) is 0 Å². The Morgan fingerprint density at radius 3 is 2.29 bits per heavy atom. The van der Waals surface area contributed by atoms with Gasteiger partial charge in [-0.1, -0.05) is 19.9 Å². The van der Waals surface area contributed by atoms with Gasteiger partial charge in [0.25, 0.3) is 11.7 Å². The number of rotatable bonds is 9. The van der Waals surface area contributed by atoms with E-state index in [-0.39, 0.29) is 22.8 Å². The Balaban J connectivity index is 2.16. The number of aliphatic hydroxyl groups excluding tert-OH is 1. The van der Waals surface area contributed by atoms with Gasteiger partial charge in [0.15, 0.2) is 11.5 Å². The van der Waals surface area contributed by atoms with Crippen LogP contribution in [0.15, 0.2) is 42.0 Å². The second-order valence-electron chi connectivity index (χ2n) is 8.14. The number of aliphatic hydroxyl groups is 1. The Bertz CT molecular complexity index is 1110. The van der Waals surface area contributed by atoms with Crippen LogP contribution in [0.5, 0.6) is 17.2 Å². The number of carbonyl (C=O) groups excluding carboxylic acids is 2. The quantitative estimate of drug-likeness (QED) is 0.330. The molecule has 1 fully saturated rings. The Morgan fingerprint density at radius 1 is 1.03 bits per heavy atom. The average Bonchev–Trinajstić information content (AvgIpc) is 3.09. The molecule has 0 aliphatic carbocycles. The molecule has 182 valence electrons. The lowest BCUT2D eigenvalue weighted by molar-refractivity contribution is -0.140. The molecule has 8 nitrogen and oxygen atoms in total. The molecule has 1 atom stereocenters. The highest BCUT2D eigenvalue weighted by molar-refractivity contribution is 6.46. The average molecular weight is 469 g/mol. The van der Waals surface area contributed by atoms with Crippen LogP contribution in [-0.2, 0) is 9.59 Å². The van der Waals surface area contributed by atoms with Crippen LogP contribution < -0.4 is 9.47 Å². The maximum absolute atomic E-state index is 13.2. The van der Waals surface area contributed by atoms with Crippen molar-refractivity contribution >= 4 is 17.4 Å². The van der Waals surface area contributed by atoms with Gasteiger partial charge in [-0.15, -0.1) is 0 Å². The minimum absolute atomic E-state index is 0.00172. The van der Waals surface area contributed by atoms with Gasteiger partial charge in [0.05, 0.1) is 25.8 Å². The number of likely N-dealkylation sites (tertiary alicyclic amines) is 1. The number of methoxy groups -OCH3 is 2. The molecule has 1 aliphatic rings. The number of amides is 1. The van der Waals surface area contributed by atoms with Crippen molar-refractivity contribution in [2.24, 2.45) is 0 Å². The Labute approximate surface area is 200 Å². The van der Waals surface area contributed by atoms with Gasteiger partial charge in [0.1, 0.15) is 11.5 Å². The highest BCUT2D eigenvalue weighted by Gasteiger charge is 2.46. The van der Waals surface area contributed by atoms with Crippen molar-refractivity contribution in [3.05, 3.63) is 58.7 Å². The third kappa shape index (κ3) is 4.72. The molecule has 0 unspecified atom stereocenters. The lowest BCUT2D eigenvalue weighted by Crippen LogP contribution is -2.38. The molecule has 0 bridgehead atoms. The number of carbonyl (C=O) groups is 2. The summed E-state index contributed by atoms with van der Waals surface area (Å²) in [5, 5.41) is 21.3. The van der Waals surface area contributed by atoms with Crippen LogP contribution in [0.25, 0.3) is 5.76 Å². The van der Waals surface area contributed by atoms with Crippen molar-refractivity contribution in [1.82, 2.24) is 9.80 Å². The van der Waals surface area contributed by atoms with Gasteiger partial charge in [-0.3, -0.25) is 9.59 Å². The minimum Gasteiger partial charge on any atom is -0.507 e. The minimum atomic E-state index is -0.826. The number of likely N-dealkylation sites (N-methyl/N-ethyl adjacent to an activating group) is 1. The first-order valence-corrected chi connectivity index (χ1v) is 11.3. The summed E-state index contributed by atoms with van der Waals surface area (Å²) in [6.45, 7) is 8.40. The van der Waals surface area contributed by atoms with Gasteiger partial charge in [-0.05, 0) is 61.5 Å². The summed E-state index contributed by atoms with van der Waals surface area (Å²) in [5.74, 6) is -0.870. The molecule has 2 aromatic carbocycles. The summed E-state index contributed by atoms with van der Waals surface area (Å²) in [7, 11) is 2.98. The number of aryl methyl sites for hydroxylation is 1. The summed E-state index contributed by atoms with van der Waals surface area (Å²) in [5.41, 5.74) is 1.75. The fourth-order valence-corrected chi connectivity index (χ4v) is 4.29. The highest BCUT2D eigenvalue weighted by Crippen LogP contribution is 2.42. The number of nitrogens with zero attached hydrogens (tertiary/aromatic N) is 2. The van der Waals surface area contributed by atoms with Crippen LogP contribution >= 0.6 is 0 Å². The fourth-order valence-electron chi connectivity index (χ4n) is 4.29. The molecule has 1 heterocycles. The van der Waals surface area contributed by atoms with Crippen LogP contribution in [0, 0.1) is 6.92 Å². The lowest BCUT2D eigenvalue weighted by atomic mass is 9.94. The Hall–Kier alpha value is -3.52. The first-order chi connectivity index (χ1) is 16.3. The maximum Gasteiger partial charge on any atom is 0.295 e. The van der Waals surface area contributed by atoms with Crippen LogP contribution in [0.1, 0.15) is 36.6 Å². The number of hydrogen-bond acceptors (Lipinski definition) is 7. The number of phenolic OH excluding ortho intramolecular Hbond substituents is 1. The molecule has 2 aromatic rings. The first-order valence-electron chi connectivity index (χ1n) is 11.3.